The molecule has 0 amide bonds. The van der Waals surface area contributed by atoms with Crippen molar-refractivity contribution in [3.63, 3.8) is 0 Å². The Hall–Kier alpha value is -1.50. The summed E-state index contributed by atoms with van der Waals surface area (Å²) in [7, 11) is 0. The molecule has 21 heavy (non-hydrogen) atoms. The van der Waals surface area contributed by atoms with Gasteiger partial charge in [-0.2, -0.15) is 5.10 Å². The van der Waals surface area contributed by atoms with Gasteiger partial charge < -0.3 is 0 Å². The van der Waals surface area contributed by atoms with Crippen molar-refractivity contribution in [2.75, 3.05) is 0 Å². The average molecular weight is 323 g/mol. The summed E-state index contributed by atoms with van der Waals surface area (Å²) < 4.78 is 15.7. The number of aryl methyl sites for hydroxylation is 1. The van der Waals surface area contributed by atoms with E-state index in [1.54, 1.807) is 13.0 Å². The summed E-state index contributed by atoms with van der Waals surface area (Å²) in [4.78, 5) is 0. The molecule has 0 unspecified atom stereocenters. The second kappa shape index (κ2) is 5.71. The van der Waals surface area contributed by atoms with Crippen LogP contribution in [0.5, 0.6) is 0 Å². The number of nitrogens with zero attached hydrogens (tertiary/aromatic N) is 2. The molecule has 0 N–H and O–H groups in total. The van der Waals surface area contributed by atoms with Crippen molar-refractivity contribution in [3.05, 3.63) is 44.9 Å². The van der Waals surface area contributed by atoms with E-state index in [1.807, 2.05) is 0 Å². The summed E-state index contributed by atoms with van der Waals surface area (Å²) in [5.41, 5.74) is 2.85. The van der Waals surface area contributed by atoms with Crippen LogP contribution in [0.1, 0.15) is 36.6 Å². The lowest BCUT2D eigenvalue weighted by atomic mass is 9.99. The fourth-order valence-electron chi connectivity index (χ4n) is 2.60. The zero-order valence-corrected chi connectivity index (χ0v) is 13.0. The van der Waals surface area contributed by atoms with Crippen molar-refractivity contribution in [1.29, 1.82) is 0 Å². The second-order valence-corrected chi connectivity index (χ2v) is 5.76. The quantitative estimate of drug-likeness (QED) is 0.703. The van der Waals surface area contributed by atoms with E-state index >= 15 is 0 Å². The Balaban J connectivity index is 2.18. The predicted octanol–water partition coefficient (Wildman–Crippen LogP) is 4.57. The molecule has 0 spiro atoms. The van der Waals surface area contributed by atoms with Crippen LogP contribution in [0.4, 0.5) is 4.39 Å². The van der Waals surface area contributed by atoms with Crippen molar-refractivity contribution >= 4 is 23.2 Å². The molecule has 0 aliphatic heterocycles. The van der Waals surface area contributed by atoms with Crippen LogP contribution in [0, 0.1) is 17.7 Å². The zero-order chi connectivity index (χ0) is 15.0. The van der Waals surface area contributed by atoms with E-state index < -0.39 is 5.82 Å². The molecule has 0 bridgehead atoms. The first-order valence-corrected chi connectivity index (χ1v) is 7.56. The van der Waals surface area contributed by atoms with Gasteiger partial charge in [0.05, 0.1) is 10.7 Å². The third-order valence-corrected chi connectivity index (χ3v) is 4.32. The van der Waals surface area contributed by atoms with Crippen LogP contribution < -0.4 is 0 Å². The zero-order valence-electron chi connectivity index (χ0n) is 11.5. The van der Waals surface area contributed by atoms with Gasteiger partial charge in [0.15, 0.2) is 0 Å². The van der Waals surface area contributed by atoms with Crippen molar-refractivity contribution in [1.82, 2.24) is 9.78 Å². The fraction of sp³-hybridized carbons (Fsp3) is 0.312. The lowest BCUT2D eigenvalue weighted by Crippen LogP contribution is -2.02. The smallest absolute Gasteiger partial charge is 0.150 e. The van der Waals surface area contributed by atoms with Crippen LogP contribution in [-0.2, 0) is 12.8 Å². The first kappa shape index (κ1) is 14.4. The minimum atomic E-state index is -0.455. The summed E-state index contributed by atoms with van der Waals surface area (Å²) in [6, 6.07) is 2.85. The molecular weight excluding hydrogens is 310 g/mol. The van der Waals surface area contributed by atoms with Crippen molar-refractivity contribution in [2.45, 2.75) is 32.6 Å². The standard InChI is InChI=1S/C16H13Cl2FN2/c1-2-5-10-8-15(13(19)9-12(10)17)21-16(18)11-6-3-4-7-14(11)20-21/h8-9H,3-4,6-7H2,1H3. The largest absolute Gasteiger partial charge is 0.219 e. The van der Waals surface area contributed by atoms with Gasteiger partial charge in [-0.15, -0.1) is 5.92 Å². The van der Waals surface area contributed by atoms with Crippen LogP contribution in [0.3, 0.4) is 0 Å². The van der Waals surface area contributed by atoms with Crippen LogP contribution >= 0.6 is 23.2 Å². The van der Waals surface area contributed by atoms with Gasteiger partial charge in [0.1, 0.15) is 16.7 Å². The molecule has 2 nitrogen and oxygen atoms in total. The topological polar surface area (TPSA) is 17.8 Å². The fourth-order valence-corrected chi connectivity index (χ4v) is 3.13. The van der Waals surface area contributed by atoms with Gasteiger partial charge in [-0.1, -0.05) is 29.1 Å². The molecule has 0 radical (unpaired) electrons. The molecule has 1 aliphatic carbocycles. The van der Waals surface area contributed by atoms with E-state index in [4.69, 9.17) is 23.2 Å². The second-order valence-electron chi connectivity index (χ2n) is 4.99. The lowest BCUT2D eigenvalue weighted by Gasteiger charge is -2.08. The van der Waals surface area contributed by atoms with Gasteiger partial charge in [-0.25, -0.2) is 9.07 Å². The number of rotatable bonds is 1. The van der Waals surface area contributed by atoms with Gasteiger partial charge in [-0.05, 0) is 44.7 Å². The van der Waals surface area contributed by atoms with Crippen molar-refractivity contribution in [3.8, 4) is 17.5 Å². The number of fused-ring (bicyclic) bond motifs is 1. The van der Waals surface area contributed by atoms with E-state index in [9.17, 15) is 4.39 Å². The van der Waals surface area contributed by atoms with E-state index in [0.717, 1.165) is 36.9 Å². The maximum atomic E-state index is 14.2. The molecule has 0 saturated heterocycles. The highest BCUT2D eigenvalue weighted by Gasteiger charge is 2.22. The maximum absolute atomic E-state index is 14.2. The minimum Gasteiger partial charge on any atom is -0.219 e. The number of aromatic nitrogens is 2. The van der Waals surface area contributed by atoms with Gasteiger partial charge in [-0.3, -0.25) is 0 Å². The van der Waals surface area contributed by atoms with E-state index in [2.05, 4.69) is 16.9 Å². The number of hydrogen-bond acceptors (Lipinski definition) is 1. The molecular formula is C16H13Cl2FN2. The Morgan fingerprint density at radius 2 is 2.00 bits per heavy atom. The Labute approximate surface area is 132 Å². The summed E-state index contributed by atoms with van der Waals surface area (Å²) in [5.74, 6) is 5.17. The molecule has 108 valence electrons. The maximum Gasteiger partial charge on any atom is 0.150 e. The molecule has 3 rings (SSSR count). The van der Waals surface area contributed by atoms with Gasteiger partial charge in [0, 0.05) is 11.1 Å². The molecule has 0 fully saturated rings. The lowest BCUT2D eigenvalue weighted by molar-refractivity contribution is 0.608. The molecule has 5 heteroatoms. The monoisotopic (exact) mass is 322 g/mol. The minimum absolute atomic E-state index is 0.288. The first-order valence-electron chi connectivity index (χ1n) is 6.80. The third-order valence-electron chi connectivity index (χ3n) is 3.62. The summed E-state index contributed by atoms with van der Waals surface area (Å²) in [6.45, 7) is 1.71. The molecule has 2 aromatic rings. The Bertz CT molecular complexity index is 769. The normalized spacial score (nSPS) is 13.5. The van der Waals surface area contributed by atoms with Crippen LogP contribution in [-0.4, -0.2) is 9.78 Å². The van der Waals surface area contributed by atoms with Crippen molar-refractivity contribution < 1.29 is 4.39 Å². The van der Waals surface area contributed by atoms with Gasteiger partial charge in [0.2, 0.25) is 0 Å². The van der Waals surface area contributed by atoms with E-state index in [-0.39, 0.29) is 5.69 Å². The molecule has 0 saturated carbocycles. The number of benzene rings is 1. The number of hydrogen-bond donors (Lipinski definition) is 0. The molecule has 1 heterocycles. The average Bonchev–Trinajstić information content (AvgIpc) is 2.80. The Morgan fingerprint density at radius 3 is 2.71 bits per heavy atom. The van der Waals surface area contributed by atoms with E-state index in [1.165, 1.54) is 10.7 Å². The van der Waals surface area contributed by atoms with Crippen LogP contribution in [0.25, 0.3) is 5.69 Å². The Morgan fingerprint density at radius 1 is 1.24 bits per heavy atom. The molecule has 1 aliphatic rings. The van der Waals surface area contributed by atoms with Crippen molar-refractivity contribution in [2.24, 2.45) is 0 Å². The highest BCUT2D eigenvalue weighted by Crippen LogP contribution is 2.31. The Kier molecular flexibility index (Phi) is 3.93. The first-order chi connectivity index (χ1) is 10.1. The van der Waals surface area contributed by atoms with Gasteiger partial charge in [0.25, 0.3) is 0 Å². The van der Waals surface area contributed by atoms with E-state index in [0.29, 0.717) is 15.7 Å². The SMILES string of the molecule is CC#Cc1cc(-n2nc3c(c2Cl)CCCC3)c(F)cc1Cl. The summed E-state index contributed by atoms with van der Waals surface area (Å²) in [6.07, 6.45) is 3.97. The molecule has 1 aromatic heterocycles. The van der Waals surface area contributed by atoms with Crippen LogP contribution in [0.15, 0.2) is 12.1 Å². The molecule has 0 atom stereocenters. The summed E-state index contributed by atoms with van der Waals surface area (Å²) in [5, 5.41) is 5.24. The third kappa shape index (κ3) is 2.54. The highest BCUT2D eigenvalue weighted by molar-refractivity contribution is 6.32. The number of halogens is 3. The summed E-state index contributed by atoms with van der Waals surface area (Å²) >= 11 is 12.4. The highest BCUT2D eigenvalue weighted by atomic mass is 35.5. The predicted molar refractivity (Wildman–Crippen MR) is 82.7 cm³/mol. The molecule has 1 aromatic carbocycles. The van der Waals surface area contributed by atoms with Crippen LogP contribution in [0.2, 0.25) is 10.2 Å². The van der Waals surface area contributed by atoms with Gasteiger partial charge >= 0.3 is 0 Å².